The molecule has 1 aromatic carbocycles. The average Bonchev–Trinajstić information content (AvgIpc) is 2.31. The largest absolute Gasteiger partial charge is 0.506 e. The van der Waals surface area contributed by atoms with Crippen molar-refractivity contribution in [3.05, 3.63) is 23.8 Å². The summed E-state index contributed by atoms with van der Waals surface area (Å²) in [6.07, 6.45) is 0.241. The third-order valence-electron chi connectivity index (χ3n) is 2.56. The highest BCUT2D eigenvalue weighted by atomic mass is 16.4. The van der Waals surface area contributed by atoms with Gasteiger partial charge in [-0.1, -0.05) is 6.92 Å². The van der Waals surface area contributed by atoms with Crippen molar-refractivity contribution in [2.45, 2.75) is 26.3 Å². The van der Waals surface area contributed by atoms with Crippen molar-refractivity contribution in [3.8, 4) is 5.75 Å². The van der Waals surface area contributed by atoms with Gasteiger partial charge in [-0.15, -0.1) is 0 Å². The molecule has 0 fully saturated rings. The van der Waals surface area contributed by atoms with E-state index >= 15 is 0 Å². The molecule has 0 aliphatic carbocycles. The molecule has 0 saturated heterocycles. The lowest BCUT2D eigenvalue weighted by atomic mass is 10.1. The Morgan fingerprint density at radius 3 is 2.63 bits per heavy atom. The molecule has 0 aliphatic heterocycles. The summed E-state index contributed by atoms with van der Waals surface area (Å²) in [5.41, 5.74) is 0.112. The van der Waals surface area contributed by atoms with Gasteiger partial charge >= 0.3 is 5.97 Å². The number of nitrogens with one attached hydrogen (secondary N) is 2. The zero-order valence-electron chi connectivity index (χ0n) is 10.9. The average molecular weight is 266 g/mol. The second-order valence-corrected chi connectivity index (χ2v) is 4.25. The van der Waals surface area contributed by atoms with Crippen LogP contribution in [-0.4, -0.2) is 34.7 Å². The number of carbonyl (C=O) groups excluding carboxylic acids is 1. The molecule has 1 amide bonds. The first-order valence-corrected chi connectivity index (χ1v) is 6.03. The van der Waals surface area contributed by atoms with Crippen LogP contribution in [0.15, 0.2) is 18.2 Å². The van der Waals surface area contributed by atoms with Crippen LogP contribution >= 0.6 is 0 Å². The summed E-state index contributed by atoms with van der Waals surface area (Å²) in [5.74, 6) is -1.56. The molecule has 1 atom stereocenters. The van der Waals surface area contributed by atoms with Gasteiger partial charge in [0, 0.05) is 12.5 Å². The number of rotatable bonds is 6. The second-order valence-electron chi connectivity index (χ2n) is 4.25. The van der Waals surface area contributed by atoms with Crippen molar-refractivity contribution < 1.29 is 19.8 Å². The van der Waals surface area contributed by atoms with Gasteiger partial charge in [-0.05, 0) is 31.7 Å². The van der Waals surface area contributed by atoms with Crippen LogP contribution in [0.5, 0.6) is 5.75 Å². The fourth-order valence-corrected chi connectivity index (χ4v) is 1.67. The maximum Gasteiger partial charge on any atom is 0.335 e. The van der Waals surface area contributed by atoms with Crippen molar-refractivity contribution in [2.24, 2.45) is 0 Å². The molecule has 0 saturated carbocycles. The van der Waals surface area contributed by atoms with E-state index in [0.717, 1.165) is 6.54 Å². The molecule has 0 aromatic heterocycles. The predicted octanol–water partition coefficient (Wildman–Crippen LogP) is 1.42. The summed E-state index contributed by atoms with van der Waals surface area (Å²) in [7, 11) is 0. The van der Waals surface area contributed by atoms with Gasteiger partial charge in [0.15, 0.2) is 0 Å². The molecule has 0 radical (unpaired) electrons. The Bertz CT molecular complexity index is 474. The van der Waals surface area contributed by atoms with Gasteiger partial charge in [0.05, 0.1) is 11.3 Å². The molecule has 19 heavy (non-hydrogen) atoms. The normalized spacial score (nSPS) is 11.9. The van der Waals surface area contributed by atoms with Gasteiger partial charge in [0.2, 0.25) is 5.91 Å². The molecular weight excluding hydrogens is 248 g/mol. The third-order valence-corrected chi connectivity index (χ3v) is 2.56. The number of amides is 1. The van der Waals surface area contributed by atoms with Crippen molar-refractivity contribution in [2.75, 3.05) is 11.9 Å². The molecule has 0 heterocycles. The van der Waals surface area contributed by atoms with Crippen LogP contribution in [0.1, 0.15) is 30.6 Å². The molecule has 0 spiro atoms. The molecule has 104 valence electrons. The van der Waals surface area contributed by atoms with E-state index < -0.39 is 5.97 Å². The number of phenols is 1. The van der Waals surface area contributed by atoms with Crippen LogP contribution in [0, 0.1) is 0 Å². The van der Waals surface area contributed by atoms with Gasteiger partial charge in [-0.3, -0.25) is 4.79 Å². The number of benzene rings is 1. The van der Waals surface area contributed by atoms with Gasteiger partial charge < -0.3 is 20.8 Å². The van der Waals surface area contributed by atoms with Gasteiger partial charge in [-0.2, -0.15) is 0 Å². The monoisotopic (exact) mass is 266 g/mol. The van der Waals surface area contributed by atoms with Crippen LogP contribution in [0.3, 0.4) is 0 Å². The Hall–Kier alpha value is -2.08. The number of anilines is 1. The molecule has 1 rings (SSSR count). The first-order valence-electron chi connectivity index (χ1n) is 6.03. The summed E-state index contributed by atoms with van der Waals surface area (Å²) in [6.45, 7) is 4.57. The van der Waals surface area contributed by atoms with E-state index in [4.69, 9.17) is 5.11 Å². The Balaban J connectivity index is 2.73. The molecule has 4 N–H and O–H groups in total. The quantitative estimate of drug-likeness (QED) is 0.584. The summed E-state index contributed by atoms with van der Waals surface area (Å²) >= 11 is 0. The molecule has 0 bridgehead atoms. The number of aromatic hydroxyl groups is 1. The van der Waals surface area contributed by atoms with Gasteiger partial charge in [0.25, 0.3) is 0 Å². The smallest absolute Gasteiger partial charge is 0.335 e. The lowest BCUT2D eigenvalue weighted by Crippen LogP contribution is -2.30. The van der Waals surface area contributed by atoms with E-state index in [1.165, 1.54) is 18.2 Å². The minimum Gasteiger partial charge on any atom is -0.506 e. The van der Waals surface area contributed by atoms with Crippen molar-refractivity contribution >= 4 is 17.6 Å². The topological polar surface area (TPSA) is 98.7 Å². The molecular formula is C13H18N2O4. The van der Waals surface area contributed by atoms with E-state index in [1.807, 2.05) is 13.8 Å². The Labute approximate surface area is 111 Å². The maximum atomic E-state index is 11.7. The van der Waals surface area contributed by atoms with Crippen LogP contribution in [-0.2, 0) is 4.79 Å². The minimum atomic E-state index is -1.11. The highest BCUT2D eigenvalue weighted by Crippen LogP contribution is 2.24. The van der Waals surface area contributed by atoms with Gasteiger partial charge in [-0.25, -0.2) is 4.79 Å². The first-order chi connectivity index (χ1) is 8.93. The lowest BCUT2D eigenvalue weighted by Gasteiger charge is -2.13. The van der Waals surface area contributed by atoms with Crippen molar-refractivity contribution in [3.63, 3.8) is 0 Å². The number of hydrogen-bond donors (Lipinski definition) is 4. The van der Waals surface area contributed by atoms with Crippen LogP contribution in [0.2, 0.25) is 0 Å². The molecule has 1 aromatic rings. The standard InChI is InChI=1S/C13H18N2O4/c1-3-14-8(2)6-12(17)15-10-7-9(13(18)19)4-5-11(10)16/h4-5,7-8,14,16H,3,6H2,1-2H3,(H,15,17)(H,18,19). The first kappa shape index (κ1) is 15.0. The van der Waals surface area contributed by atoms with Crippen LogP contribution < -0.4 is 10.6 Å². The fraction of sp³-hybridized carbons (Fsp3) is 0.385. The SMILES string of the molecule is CCNC(C)CC(=O)Nc1cc(C(=O)O)ccc1O. The van der Waals surface area contributed by atoms with Crippen LogP contribution in [0.25, 0.3) is 0 Å². The summed E-state index contributed by atoms with van der Waals surface area (Å²) in [6, 6.07) is 3.75. The van der Waals surface area contributed by atoms with E-state index in [9.17, 15) is 14.7 Å². The van der Waals surface area contributed by atoms with E-state index in [-0.39, 0.29) is 35.4 Å². The lowest BCUT2D eigenvalue weighted by molar-refractivity contribution is -0.116. The Kier molecular flexibility index (Phi) is 5.32. The number of carbonyl (C=O) groups is 2. The number of carboxylic acids is 1. The maximum absolute atomic E-state index is 11.7. The second kappa shape index (κ2) is 6.75. The predicted molar refractivity (Wildman–Crippen MR) is 71.5 cm³/mol. The number of phenolic OH excluding ortho intramolecular Hbond substituents is 1. The number of hydrogen-bond acceptors (Lipinski definition) is 4. The highest BCUT2D eigenvalue weighted by Gasteiger charge is 2.12. The molecule has 6 nitrogen and oxygen atoms in total. The van der Waals surface area contributed by atoms with Crippen LogP contribution in [0.4, 0.5) is 5.69 Å². The zero-order valence-corrected chi connectivity index (χ0v) is 10.9. The summed E-state index contributed by atoms with van der Waals surface area (Å²) in [4.78, 5) is 22.5. The molecule has 6 heteroatoms. The Morgan fingerprint density at radius 2 is 2.05 bits per heavy atom. The molecule has 1 unspecified atom stereocenters. The van der Waals surface area contributed by atoms with Gasteiger partial charge in [0.1, 0.15) is 5.75 Å². The minimum absolute atomic E-state index is 0.00725. The fourth-order valence-electron chi connectivity index (χ4n) is 1.67. The zero-order chi connectivity index (χ0) is 14.4. The summed E-state index contributed by atoms with van der Waals surface area (Å²) < 4.78 is 0. The highest BCUT2D eigenvalue weighted by molar-refractivity contribution is 5.95. The number of aromatic carboxylic acids is 1. The third kappa shape index (κ3) is 4.59. The Morgan fingerprint density at radius 1 is 1.37 bits per heavy atom. The van der Waals surface area contributed by atoms with E-state index in [1.54, 1.807) is 0 Å². The summed E-state index contributed by atoms with van der Waals surface area (Å²) in [5, 5.41) is 24.0. The van der Waals surface area contributed by atoms with Crippen molar-refractivity contribution in [1.29, 1.82) is 0 Å². The van der Waals surface area contributed by atoms with Crippen molar-refractivity contribution in [1.82, 2.24) is 5.32 Å². The molecule has 0 aliphatic rings. The van der Waals surface area contributed by atoms with E-state index in [0.29, 0.717) is 0 Å². The number of carboxylic acid groups (broad SMARTS) is 1. The van der Waals surface area contributed by atoms with E-state index in [2.05, 4.69) is 10.6 Å².